The second kappa shape index (κ2) is 4.14. The summed E-state index contributed by atoms with van der Waals surface area (Å²) in [5.41, 5.74) is 1.63. The molecule has 88 valence electrons. The number of H-pyrrole nitrogens is 1. The molecule has 0 bridgehead atoms. The number of aromatic nitrogens is 1. The third-order valence-corrected chi connectivity index (χ3v) is 2.82. The predicted molar refractivity (Wildman–Crippen MR) is 62.3 cm³/mol. The maximum absolute atomic E-state index is 10.2. The highest BCUT2D eigenvalue weighted by molar-refractivity contribution is 5.45. The topological polar surface area (TPSA) is 54.5 Å². The first kappa shape index (κ1) is 10.2. The largest absolute Gasteiger partial charge is 0.486 e. The van der Waals surface area contributed by atoms with Crippen LogP contribution in [0.15, 0.2) is 36.7 Å². The normalized spacial score (nSPS) is 15.6. The molecule has 0 saturated heterocycles. The number of rotatable bonds is 2. The summed E-state index contributed by atoms with van der Waals surface area (Å²) in [6.07, 6.45) is 2.93. The lowest BCUT2D eigenvalue weighted by Gasteiger charge is -2.20. The number of hydrogen-bond acceptors (Lipinski definition) is 3. The smallest absolute Gasteiger partial charge is 0.161 e. The fraction of sp³-hybridized carbons (Fsp3) is 0.231. The lowest BCUT2D eigenvalue weighted by Crippen LogP contribution is -2.15. The number of nitrogens with one attached hydrogen (secondary N) is 1. The average molecular weight is 231 g/mol. The molecule has 3 rings (SSSR count). The van der Waals surface area contributed by atoms with E-state index in [9.17, 15) is 5.11 Å². The van der Waals surface area contributed by atoms with Crippen molar-refractivity contribution in [1.82, 2.24) is 4.98 Å². The van der Waals surface area contributed by atoms with Crippen LogP contribution in [0.3, 0.4) is 0 Å². The molecule has 4 heteroatoms. The molecule has 1 unspecified atom stereocenters. The minimum absolute atomic E-state index is 0.552. The van der Waals surface area contributed by atoms with Crippen LogP contribution in [0.25, 0.3) is 0 Å². The van der Waals surface area contributed by atoms with Gasteiger partial charge in [-0.25, -0.2) is 0 Å². The molecular weight excluding hydrogens is 218 g/mol. The number of hydrogen-bond donors (Lipinski definition) is 2. The van der Waals surface area contributed by atoms with Gasteiger partial charge in [-0.2, -0.15) is 0 Å². The second-order valence-electron chi connectivity index (χ2n) is 3.95. The molecular formula is C13H13NO3. The quantitative estimate of drug-likeness (QED) is 0.829. The van der Waals surface area contributed by atoms with E-state index >= 15 is 0 Å². The summed E-state index contributed by atoms with van der Waals surface area (Å²) >= 11 is 0. The molecule has 0 fully saturated rings. The van der Waals surface area contributed by atoms with Gasteiger partial charge in [-0.15, -0.1) is 0 Å². The molecule has 0 aliphatic carbocycles. The number of aliphatic hydroxyl groups excluding tert-OH is 1. The van der Waals surface area contributed by atoms with Gasteiger partial charge in [0.1, 0.15) is 19.3 Å². The monoisotopic (exact) mass is 231 g/mol. The van der Waals surface area contributed by atoms with Crippen molar-refractivity contribution in [2.75, 3.05) is 13.2 Å². The Labute approximate surface area is 98.8 Å². The zero-order valence-corrected chi connectivity index (χ0v) is 9.22. The number of benzene rings is 1. The Hall–Kier alpha value is -1.94. The molecule has 1 aliphatic rings. The Morgan fingerprint density at radius 2 is 1.88 bits per heavy atom. The Balaban J connectivity index is 1.93. The molecule has 1 aromatic carbocycles. The van der Waals surface area contributed by atoms with E-state index in [1.165, 1.54) is 0 Å². The standard InChI is InChI=1S/C13H13NO3/c15-13(10-3-4-14-8-10)9-1-2-11-12(7-9)17-6-5-16-11/h1-4,7-8,13-15H,5-6H2. The van der Waals surface area contributed by atoms with Crippen molar-refractivity contribution in [1.29, 1.82) is 0 Å². The highest BCUT2D eigenvalue weighted by Gasteiger charge is 2.16. The number of aliphatic hydroxyl groups is 1. The Morgan fingerprint density at radius 1 is 1.06 bits per heavy atom. The fourth-order valence-electron chi connectivity index (χ4n) is 1.93. The van der Waals surface area contributed by atoms with E-state index in [0.29, 0.717) is 19.0 Å². The van der Waals surface area contributed by atoms with Gasteiger partial charge in [0, 0.05) is 18.0 Å². The van der Waals surface area contributed by atoms with Crippen LogP contribution in [0, 0.1) is 0 Å². The lowest BCUT2D eigenvalue weighted by atomic mass is 10.0. The molecule has 1 aliphatic heterocycles. The molecule has 2 heterocycles. The van der Waals surface area contributed by atoms with Crippen LogP contribution in [-0.2, 0) is 0 Å². The summed E-state index contributed by atoms with van der Waals surface area (Å²) in [6.45, 7) is 1.13. The van der Waals surface area contributed by atoms with Crippen LogP contribution in [0.5, 0.6) is 11.5 Å². The van der Waals surface area contributed by atoms with E-state index in [1.807, 2.05) is 24.3 Å². The fourth-order valence-corrected chi connectivity index (χ4v) is 1.93. The maximum Gasteiger partial charge on any atom is 0.161 e. The highest BCUT2D eigenvalue weighted by Crippen LogP contribution is 2.34. The first-order valence-electron chi connectivity index (χ1n) is 5.55. The lowest BCUT2D eigenvalue weighted by molar-refractivity contribution is 0.169. The zero-order valence-electron chi connectivity index (χ0n) is 9.22. The molecule has 2 aromatic rings. The van der Waals surface area contributed by atoms with Crippen molar-refractivity contribution in [3.05, 3.63) is 47.8 Å². The maximum atomic E-state index is 10.2. The highest BCUT2D eigenvalue weighted by atomic mass is 16.6. The van der Waals surface area contributed by atoms with E-state index in [1.54, 1.807) is 12.4 Å². The minimum Gasteiger partial charge on any atom is -0.486 e. The summed E-state index contributed by atoms with van der Waals surface area (Å²) in [5.74, 6) is 1.43. The van der Waals surface area contributed by atoms with Crippen LogP contribution < -0.4 is 9.47 Å². The van der Waals surface area contributed by atoms with Crippen molar-refractivity contribution in [3.63, 3.8) is 0 Å². The van der Waals surface area contributed by atoms with Crippen molar-refractivity contribution >= 4 is 0 Å². The van der Waals surface area contributed by atoms with Crippen molar-refractivity contribution in [2.45, 2.75) is 6.10 Å². The SMILES string of the molecule is OC(c1cc[nH]c1)c1ccc2c(c1)OCCO2. The van der Waals surface area contributed by atoms with Crippen LogP contribution in [0.4, 0.5) is 0 Å². The summed E-state index contributed by atoms with van der Waals surface area (Å²) in [6, 6.07) is 7.36. The van der Waals surface area contributed by atoms with Gasteiger partial charge in [0.25, 0.3) is 0 Å². The first-order chi connectivity index (χ1) is 8.34. The Bertz CT molecular complexity index is 507. The van der Waals surface area contributed by atoms with E-state index in [4.69, 9.17) is 9.47 Å². The summed E-state index contributed by atoms with van der Waals surface area (Å²) < 4.78 is 10.9. The van der Waals surface area contributed by atoms with Crippen LogP contribution in [-0.4, -0.2) is 23.3 Å². The Morgan fingerprint density at radius 3 is 2.65 bits per heavy atom. The zero-order chi connectivity index (χ0) is 11.7. The number of aromatic amines is 1. The third kappa shape index (κ3) is 1.87. The van der Waals surface area contributed by atoms with Crippen LogP contribution >= 0.6 is 0 Å². The summed E-state index contributed by atoms with van der Waals surface area (Å²) in [4.78, 5) is 2.93. The number of fused-ring (bicyclic) bond motifs is 1. The molecule has 2 N–H and O–H groups in total. The van der Waals surface area contributed by atoms with Crippen LogP contribution in [0.2, 0.25) is 0 Å². The Kier molecular flexibility index (Phi) is 2.49. The minimum atomic E-state index is -0.642. The third-order valence-electron chi connectivity index (χ3n) is 2.82. The van der Waals surface area contributed by atoms with Gasteiger partial charge in [0.15, 0.2) is 11.5 Å². The van der Waals surface area contributed by atoms with Gasteiger partial charge in [-0.3, -0.25) is 0 Å². The molecule has 1 atom stereocenters. The predicted octanol–water partition coefficient (Wildman–Crippen LogP) is 1.87. The van der Waals surface area contributed by atoms with Gasteiger partial charge in [-0.05, 0) is 23.8 Å². The summed E-state index contributed by atoms with van der Waals surface area (Å²) in [7, 11) is 0. The second-order valence-corrected chi connectivity index (χ2v) is 3.95. The molecule has 1 aromatic heterocycles. The van der Waals surface area contributed by atoms with Crippen molar-refractivity contribution in [2.24, 2.45) is 0 Å². The van der Waals surface area contributed by atoms with Crippen molar-refractivity contribution < 1.29 is 14.6 Å². The molecule has 0 saturated carbocycles. The van der Waals surface area contributed by atoms with Crippen molar-refractivity contribution in [3.8, 4) is 11.5 Å². The van der Waals surface area contributed by atoms with Gasteiger partial charge >= 0.3 is 0 Å². The first-order valence-corrected chi connectivity index (χ1v) is 5.55. The molecule has 4 nitrogen and oxygen atoms in total. The van der Waals surface area contributed by atoms with Gasteiger partial charge in [-0.1, -0.05) is 6.07 Å². The molecule has 0 radical (unpaired) electrons. The van der Waals surface area contributed by atoms with E-state index < -0.39 is 6.10 Å². The van der Waals surface area contributed by atoms with E-state index in [0.717, 1.165) is 16.9 Å². The van der Waals surface area contributed by atoms with Gasteiger partial charge in [0.05, 0.1) is 0 Å². The van der Waals surface area contributed by atoms with Gasteiger partial charge in [0.2, 0.25) is 0 Å². The average Bonchev–Trinajstić information content (AvgIpc) is 2.91. The van der Waals surface area contributed by atoms with Crippen LogP contribution in [0.1, 0.15) is 17.2 Å². The molecule has 17 heavy (non-hydrogen) atoms. The summed E-state index contributed by atoms with van der Waals surface area (Å²) in [5, 5.41) is 10.2. The molecule has 0 spiro atoms. The van der Waals surface area contributed by atoms with E-state index in [-0.39, 0.29) is 0 Å². The van der Waals surface area contributed by atoms with E-state index in [2.05, 4.69) is 4.98 Å². The van der Waals surface area contributed by atoms with Gasteiger partial charge < -0.3 is 19.6 Å². The molecule has 0 amide bonds. The number of ether oxygens (including phenoxy) is 2.